The Morgan fingerprint density at radius 2 is 2.05 bits per heavy atom. The number of methoxy groups -OCH3 is 1. The molecule has 1 amide bonds. The van der Waals surface area contributed by atoms with Crippen LogP contribution in [0.5, 0.6) is 11.5 Å². The molecule has 0 saturated heterocycles. The molecule has 0 spiro atoms. The van der Waals surface area contributed by atoms with Gasteiger partial charge in [0.15, 0.2) is 11.5 Å². The third-order valence-corrected chi connectivity index (χ3v) is 7.86. The third kappa shape index (κ3) is 5.62. The molecule has 1 aliphatic carbocycles. The van der Waals surface area contributed by atoms with Crippen LogP contribution < -0.4 is 20.5 Å². The fourth-order valence-electron chi connectivity index (χ4n) is 4.58. The summed E-state index contributed by atoms with van der Waals surface area (Å²) >= 11 is 1.60. The van der Waals surface area contributed by atoms with Gasteiger partial charge in [-0.05, 0) is 67.0 Å². The van der Waals surface area contributed by atoms with Crippen LogP contribution in [0, 0.1) is 12.8 Å². The van der Waals surface area contributed by atoms with Crippen LogP contribution in [0.2, 0.25) is 0 Å². The average Bonchev–Trinajstić information content (AvgIpc) is 3.28. The van der Waals surface area contributed by atoms with E-state index in [1.54, 1.807) is 30.6 Å². The Hall–Kier alpha value is -3.98. The number of hydrogen-bond donors (Lipinski definition) is 1. The molecule has 0 saturated carbocycles. The van der Waals surface area contributed by atoms with Gasteiger partial charge in [0.05, 0.1) is 25.0 Å². The number of ether oxygens (including phenoxy) is 2. The number of aromatic nitrogens is 2. The third-order valence-electron chi connectivity index (χ3n) is 6.70. The topological polar surface area (TPSA) is 94.8 Å². The molecule has 2 aromatic heterocycles. The zero-order chi connectivity index (χ0) is 26.6. The van der Waals surface area contributed by atoms with Crippen LogP contribution in [-0.2, 0) is 30.8 Å². The van der Waals surface area contributed by atoms with Crippen molar-refractivity contribution in [2.75, 3.05) is 7.11 Å². The SMILES string of the molecule is COc1cc(/C=N\NC(=O)Cn2cnc3sc4c(c3c2=O)CC[C@@H](C)C4)ccc1OCc1ccc(C)cc1. The van der Waals surface area contributed by atoms with Crippen molar-refractivity contribution >= 4 is 33.7 Å². The number of nitrogens with zero attached hydrogens (tertiary/aromatic N) is 3. The highest BCUT2D eigenvalue weighted by Crippen LogP contribution is 2.35. The number of nitrogens with one attached hydrogen (secondary N) is 1. The maximum atomic E-state index is 13.1. The van der Waals surface area contributed by atoms with E-state index in [1.807, 2.05) is 37.3 Å². The Morgan fingerprint density at radius 3 is 2.84 bits per heavy atom. The summed E-state index contributed by atoms with van der Waals surface area (Å²) in [6, 6.07) is 13.6. The van der Waals surface area contributed by atoms with Gasteiger partial charge < -0.3 is 9.47 Å². The molecule has 5 rings (SSSR count). The number of carbonyl (C=O) groups excluding carboxylic acids is 1. The van der Waals surface area contributed by atoms with Gasteiger partial charge in [-0.2, -0.15) is 5.10 Å². The number of amides is 1. The van der Waals surface area contributed by atoms with Crippen molar-refractivity contribution in [1.29, 1.82) is 0 Å². The quantitative estimate of drug-likeness (QED) is 0.265. The summed E-state index contributed by atoms with van der Waals surface area (Å²) in [6.07, 6.45) is 5.89. The summed E-state index contributed by atoms with van der Waals surface area (Å²) in [6.45, 7) is 4.54. The van der Waals surface area contributed by atoms with Crippen LogP contribution in [0.25, 0.3) is 10.2 Å². The molecule has 2 heterocycles. The van der Waals surface area contributed by atoms with E-state index in [1.165, 1.54) is 27.5 Å². The van der Waals surface area contributed by atoms with Crippen molar-refractivity contribution in [3.05, 3.63) is 86.3 Å². The molecule has 2 aromatic carbocycles. The summed E-state index contributed by atoms with van der Waals surface area (Å²) in [7, 11) is 1.57. The second-order valence-corrected chi connectivity index (χ2v) is 10.8. The van der Waals surface area contributed by atoms with Crippen LogP contribution in [0.4, 0.5) is 0 Å². The normalized spacial score (nSPS) is 15.0. The highest BCUT2D eigenvalue weighted by molar-refractivity contribution is 7.18. The predicted octanol–water partition coefficient (Wildman–Crippen LogP) is 4.63. The van der Waals surface area contributed by atoms with Crippen LogP contribution >= 0.6 is 11.3 Å². The van der Waals surface area contributed by atoms with E-state index in [0.717, 1.165) is 40.8 Å². The van der Waals surface area contributed by atoms with Crippen molar-refractivity contribution in [3.63, 3.8) is 0 Å². The second-order valence-electron chi connectivity index (χ2n) is 9.69. The number of hydrazone groups is 1. The fourth-order valence-corrected chi connectivity index (χ4v) is 5.92. The molecule has 4 aromatic rings. The van der Waals surface area contributed by atoms with Crippen molar-refractivity contribution in [1.82, 2.24) is 15.0 Å². The van der Waals surface area contributed by atoms with E-state index < -0.39 is 5.91 Å². The molecule has 1 aliphatic rings. The van der Waals surface area contributed by atoms with Gasteiger partial charge in [-0.1, -0.05) is 36.8 Å². The summed E-state index contributed by atoms with van der Waals surface area (Å²) < 4.78 is 12.7. The Kier molecular flexibility index (Phi) is 7.55. The molecule has 38 heavy (non-hydrogen) atoms. The Labute approximate surface area is 224 Å². The van der Waals surface area contributed by atoms with Gasteiger partial charge in [0.1, 0.15) is 18.0 Å². The number of fused-ring (bicyclic) bond motifs is 3. The molecular formula is C29H30N4O4S. The van der Waals surface area contributed by atoms with Gasteiger partial charge in [0.25, 0.3) is 11.5 Å². The second kappa shape index (κ2) is 11.2. The minimum Gasteiger partial charge on any atom is -0.493 e. The summed E-state index contributed by atoms with van der Waals surface area (Å²) in [5.74, 6) is 1.38. The first kappa shape index (κ1) is 25.7. The summed E-state index contributed by atoms with van der Waals surface area (Å²) in [5, 5.41) is 4.71. The smallest absolute Gasteiger partial charge is 0.262 e. The lowest BCUT2D eigenvalue weighted by Crippen LogP contribution is -2.30. The first-order chi connectivity index (χ1) is 18.4. The van der Waals surface area contributed by atoms with E-state index in [4.69, 9.17) is 9.47 Å². The zero-order valence-electron chi connectivity index (χ0n) is 21.7. The maximum Gasteiger partial charge on any atom is 0.262 e. The molecule has 1 N–H and O–H groups in total. The lowest BCUT2D eigenvalue weighted by Gasteiger charge is -2.17. The first-order valence-electron chi connectivity index (χ1n) is 12.6. The number of thiophene rings is 1. The molecular weight excluding hydrogens is 500 g/mol. The van der Waals surface area contributed by atoms with E-state index in [0.29, 0.717) is 29.4 Å². The molecule has 196 valence electrons. The molecule has 1 atom stereocenters. The maximum absolute atomic E-state index is 13.1. The zero-order valence-corrected chi connectivity index (χ0v) is 22.5. The molecule has 0 aliphatic heterocycles. The first-order valence-corrected chi connectivity index (χ1v) is 13.4. The molecule has 0 bridgehead atoms. The van der Waals surface area contributed by atoms with Crippen molar-refractivity contribution in [3.8, 4) is 11.5 Å². The summed E-state index contributed by atoms with van der Waals surface area (Å²) in [4.78, 5) is 32.1. The Balaban J connectivity index is 1.21. The highest BCUT2D eigenvalue weighted by Gasteiger charge is 2.23. The highest BCUT2D eigenvalue weighted by atomic mass is 32.1. The van der Waals surface area contributed by atoms with E-state index in [9.17, 15) is 9.59 Å². The monoisotopic (exact) mass is 530 g/mol. The van der Waals surface area contributed by atoms with E-state index in [2.05, 4.69) is 22.4 Å². The number of aryl methyl sites for hydroxylation is 2. The lowest BCUT2D eigenvalue weighted by molar-refractivity contribution is -0.121. The van der Waals surface area contributed by atoms with Gasteiger partial charge >= 0.3 is 0 Å². The summed E-state index contributed by atoms with van der Waals surface area (Å²) in [5.41, 5.74) is 6.41. The average molecular weight is 531 g/mol. The van der Waals surface area contributed by atoms with Crippen molar-refractivity contribution in [2.24, 2.45) is 11.0 Å². The van der Waals surface area contributed by atoms with Crippen molar-refractivity contribution < 1.29 is 14.3 Å². The van der Waals surface area contributed by atoms with Crippen LogP contribution in [0.1, 0.15) is 40.5 Å². The van der Waals surface area contributed by atoms with Crippen LogP contribution in [-0.4, -0.2) is 28.8 Å². The molecule has 0 fully saturated rings. The number of carbonyl (C=O) groups is 1. The minimum absolute atomic E-state index is 0.157. The minimum atomic E-state index is -0.410. The standard InChI is InChI=1S/C29H30N4O4S/c1-18-4-7-20(8-5-18)16-37-23-11-9-21(13-24(23)36-3)14-31-32-26(34)15-33-17-30-28-27(29(33)35)22-10-6-19(2)12-25(22)38-28/h4-5,7-9,11,13-14,17,19H,6,10,12,15-16H2,1-3H3,(H,32,34)/b31-14-/t19-/m1/s1. The molecule has 9 heteroatoms. The van der Waals surface area contributed by atoms with Crippen molar-refractivity contribution in [2.45, 2.75) is 46.3 Å². The lowest BCUT2D eigenvalue weighted by atomic mass is 9.89. The Bertz CT molecular complexity index is 1560. The van der Waals surface area contributed by atoms with Gasteiger partial charge in [-0.15, -0.1) is 11.3 Å². The van der Waals surface area contributed by atoms with E-state index >= 15 is 0 Å². The van der Waals surface area contributed by atoms with Gasteiger partial charge in [-0.3, -0.25) is 14.2 Å². The molecule has 0 unspecified atom stereocenters. The Morgan fingerprint density at radius 1 is 1.24 bits per heavy atom. The molecule has 8 nitrogen and oxygen atoms in total. The number of benzene rings is 2. The largest absolute Gasteiger partial charge is 0.493 e. The fraction of sp³-hybridized carbons (Fsp3) is 0.310. The van der Waals surface area contributed by atoms with E-state index in [-0.39, 0.29) is 12.1 Å². The molecule has 0 radical (unpaired) electrons. The number of rotatable bonds is 8. The van der Waals surface area contributed by atoms with Crippen LogP contribution in [0.3, 0.4) is 0 Å². The van der Waals surface area contributed by atoms with Crippen LogP contribution in [0.15, 0.2) is 58.7 Å². The van der Waals surface area contributed by atoms with Gasteiger partial charge in [-0.25, -0.2) is 10.4 Å². The van der Waals surface area contributed by atoms with Gasteiger partial charge in [0.2, 0.25) is 0 Å². The predicted molar refractivity (Wildman–Crippen MR) is 149 cm³/mol. The number of hydrogen-bond acceptors (Lipinski definition) is 7. The van der Waals surface area contributed by atoms with Gasteiger partial charge in [0, 0.05) is 4.88 Å².